The van der Waals surface area contributed by atoms with Crippen molar-refractivity contribution in [3.05, 3.63) is 100 Å². The average Bonchev–Trinajstić information content (AvgIpc) is 2.72. The number of ketones is 1. The lowest BCUT2D eigenvalue weighted by molar-refractivity contribution is 0.103. The molecule has 2 N–H and O–H groups in total. The number of nitrogens with one attached hydrogen (secondary N) is 2. The first kappa shape index (κ1) is 23.7. The Morgan fingerprint density at radius 3 is 2.22 bits per heavy atom. The van der Waals surface area contributed by atoms with Gasteiger partial charge in [-0.3, -0.25) is 4.79 Å². The number of anilines is 1. The summed E-state index contributed by atoms with van der Waals surface area (Å²) in [5.41, 5.74) is 7.05. The van der Waals surface area contributed by atoms with Crippen LogP contribution < -0.4 is 10.6 Å². The molecule has 0 unspecified atom stereocenters. The lowest BCUT2D eigenvalue weighted by Gasteiger charge is -2.20. The van der Waals surface area contributed by atoms with Gasteiger partial charge in [0.05, 0.1) is 6.04 Å². The molecule has 0 bridgehead atoms. The first-order valence-corrected chi connectivity index (χ1v) is 11.4. The minimum atomic E-state index is -0.00312. The number of hydrogen-bond acceptors (Lipinski definition) is 2. The molecule has 0 saturated carbocycles. The second-order valence-corrected chi connectivity index (χ2v) is 9.83. The highest BCUT2D eigenvalue weighted by Gasteiger charge is 2.16. The predicted molar refractivity (Wildman–Crippen MR) is 139 cm³/mol. The minimum absolute atomic E-state index is 0.00312. The SMILES string of the molecule is Cc1ccc([C@H](C)NC(=S)Nc2cccc(C(=O)c3ccc(C(C)(C)C)cc3)c2)c(C)c1. The lowest BCUT2D eigenvalue weighted by Crippen LogP contribution is -2.31. The predicted octanol–water partition coefficient (Wildman–Crippen LogP) is 6.88. The highest BCUT2D eigenvalue weighted by molar-refractivity contribution is 7.80. The van der Waals surface area contributed by atoms with Crippen molar-refractivity contribution >= 4 is 28.8 Å². The van der Waals surface area contributed by atoms with Crippen LogP contribution in [0.2, 0.25) is 0 Å². The third kappa shape index (κ3) is 5.83. The van der Waals surface area contributed by atoms with Crippen molar-refractivity contribution in [3.63, 3.8) is 0 Å². The molecule has 4 heteroatoms. The Morgan fingerprint density at radius 2 is 1.59 bits per heavy atom. The van der Waals surface area contributed by atoms with Crippen LogP contribution in [-0.4, -0.2) is 10.9 Å². The van der Waals surface area contributed by atoms with Crippen molar-refractivity contribution in [2.24, 2.45) is 0 Å². The van der Waals surface area contributed by atoms with Gasteiger partial charge in [0.2, 0.25) is 0 Å². The van der Waals surface area contributed by atoms with Crippen LogP contribution in [0.4, 0.5) is 5.69 Å². The average molecular weight is 445 g/mol. The lowest BCUT2D eigenvalue weighted by atomic mass is 9.86. The van der Waals surface area contributed by atoms with E-state index in [0.717, 1.165) is 5.69 Å². The summed E-state index contributed by atoms with van der Waals surface area (Å²) in [5, 5.41) is 7.08. The summed E-state index contributed by atoms with van der Waals surface area (Å²) in [4.78, 5) is 13.0. The molecule has 3 rings (SSSR count). The fourth-order valence-electron chi connectivity index (χ4n) is 3.78. The van der Waals surface area contributed by atoms with Gasteiger partial charge in [0.15, 0.2) is 10.9 Å². The topological polar surface area (TPSA) is 41.1 Å². The van der Waals surface area contributed by atoms with Gasteiger partial charge in [-0.1, -0.05) is 80.9 Å². The number of benzene rings is 3. The third-order valence-electron chi connectivity index (χ3n) is 5.64. The standard InChI is InChI=1S/C28H32N2OS/c1-18-10-15-25(19(2)16-18)20(3)29-27(32)30-24-9-7-8-22(17-24)26(31)21-11-13-23(14-12-21)28(4,5)6/h7-17,20H,1-6H3,(H2,29,30,32)/t20-/m0/s1. The van der Waals surface area contributed by atoms with Gasteiger partial charge in [-0.05, 0) is 67.2 Å². The van der Waals surface area contributed by atoms with E-state index in [1.54, 1.807) is 0 Å². The van der Waals surface area contributed by atoms with Crippen LogP contribution in [-0.2, 0) is 5.41 Å². The van der Waals surface area contributed by atoms with E-state index in [9.17, 15) is 4.79 Å². The van der Waals surface area contributed by atoms with Gasteiger partial charge >= 0.3 is 0 Å². The monoisotopic (exact) mass is 444 g/mol. The first-order chi connectivity index (χ1) is 15.0. The highest BCUT2D eigenvalue weighted by Crippen LogP contribution is 2.24. The fraction of sp³-hybridized carbons (Fsp3) is 0.286. The molecule has 0 aliphatic heterocycles. The van der Waals surface area contributed by atoms with E-state index in [4.69, 9.17) is 12.2 Å². The first-order valence-electron chi connectivity index (χ1n) is 10.9. The van der Waals surface area contributed by atoms with Gasteiger partial charge in [-0.25, -0.2) is 0 Å². The van der Waals surface area contributed by atoms with Crippen LogP contribution in [0.3, 0.4) is 0 Å². The maximum Gasteiger partial charge on any atom is 0.193 e. The Bertz CT molecular complexity index is 1130. The second-order valence-electron chi connectivity index (χ2n) is 9.42. The van der Waals surface area contributed by atoms with E-state index in [2.05, 4.69) is 70.4 Å². The van der Waals surface area contributed by atoms with Gasteiger partial charge < -0.3 is 10.6 Å². The molecule has 0 aliphatic rings. The van der Waals surface area contributed by atoms with E-state index < -0.39 is 0 Å². The van der Waals surface area contributed by atoms with Crippen LogP contribution in [0, 0.1) is 13.8 Å². The zero-order valence-electron chi connectivity index (χ0n) is 19.7. The Labute approximate surface area is 197 Å². The van der Waals surface area contributed by atoms with Crippen LogP contribution in [0.15, 0.2) is 66.7 Å². The molecule has 3 nitrogen and oxygen atoms in total. The molecule has 0 aromatic heterocycles. The maximum atomic E-state index is 13.0. The number of carbonyl (C=O) groups is 1. The van der Waals surface area contributed by atoms with E-state index in [1.807, 2.05) is 48.5 Å². The molecule has 32 heavy (non-hydrogen) atoms. The van der Waals surface area contributed by atoms with Gasteiger partial charge in [0.25, 0.3) is 0 Å². The Hall–Kier alpha value is -2.98. The Balaban J connectivity index is 1.69. The molecular weight excluding hydrogens is 412 g/mol. The molecule has 0 saturated heterocycles. The summed E-state index contributed by atoms with van der Waals surface area (Å²) < 4.78 is 0. The van der Waals surface area contributed by atoms with Gasteiger partial charge in [0.1, 0.15) is 0 Å². The van der Waals surface area contributed by atoms with Gasteiger partial charge in [-0.15, -0.1) is 0 Å². The minimum Gasteiger partial charge on any atom is -0.356 e. The van der Waals surface area contributed by atoms with Crippen molar-refractivity contribution in [2.75, 3.05) is 5.32 Å². The Morgan fingerprint density at radius 1 is 0.906 bits per heavy atom. The maximum absolute atomic E-state index is 13.0. The highest BCUT2D eigenvalue weighted by atomic mass is 32.1. The molecule has 0 heterocycles. The Kier molecular flexibility index (Phi) is 7.15. The summed E-state index contributed by atoms with van der Waals surface area (Å²) in [6, 6.07) is 21.8. The molecule has 0 radical (unpaired) electrons. The molecule has 166 valence electrons. The molecule has 0 aliphatic carbocycles. The molecule has 3 aromatic carbocycles. The largest absolute Gasteiger partial charge is 0.356 e. The summed E-state index contributed by atoms with van der Waals surface area (Å²) in [5.74, 6) is -0.00312. The zero-order valence-corrected chi connectivity index (χ0v) is 20.6. The van der Waals surface area contributed by atoms with Crippen LogP contribution in [0.5, 0.6) is 0 Å². The summed E-state index contributed by atoms with van der Waals surface area (Å²) in [6.45, 7) is 12.8. The van der Waals surface area contributed by atoms with Crippen molar-refractivity contribution < 1.29 is 4.79 Å². The molecule has 1 atom stereocenters. The third-order valence-corrected chi connectivity index (χ3v) is 5.86. The molecule has 0 fully saturated rings. The van der Waals surface area contributed by atoms with Crippen molar-refractivity contribution in [1.29, 1.82) is 0 Å². The van der Waals surface area contributed by atoms with E-state index in [-0.39, 0.29) is 17.2 Å². The second kappa shape index (κ2) is 9.66. The normalized spacial score (nSPS) is 12.2. The molecule has 3 aromatic rings. The summed E-state index contributed by atoms with van der Waals surface area (Å²) in [6.07, 6.45) is 0. The van der Waals surface area contributed by atoms with Crippen LogP contribution >= 0.6 is 12.2 Å². The van der Waals surface area contributed by atoms with Crippen molar-refractivity contribution in [3.8, 4) is 0 Å². The molecule has 0 amide bonds. The van der Waals surface area contributed by atoms with Crippen LogP contribution in [0.1, 0.15) is 71.9 Å². The molecular formula is C28H32N2OS. The van der Waals surface area contributed by atoms with E-state index >= 15 is 0 Å². The number of hydrogen-bond donors (Lipinski definition) is 2. The van der Waals surface area contributed by atoms with Crippen molar-refractivity contribution in [1.82, 2.24) is 5.32 Å². The number of rotatable bonds is 5. The number of carbonyl (C=O) groups excluding carboxylic acids is 1. The summed E-state index contributed by atoms with van der Waals surface area (Å²) >= 11 is 5.53. The van der Waals surface area contributed by atoms with Gasteiger partial charge in [0, 0.05) is 16.8 Å². The zero-order chi connectivity index (χ0) is 23.5. The van der Waals surface area contributed by atoms with E-state index in [1.165, 1.54) is 22.3 Å². The van der Waals surface area contributed by atoms with Crippen molar-refractivity contribution in [2.45, 2.75) is 53.0 Å². The molecule has 0 spiro atoms. The fourth-order valence-corrected chi connectivity index (χ4v) is 4.07. The summed E-state index contributed by atoms with van der Waals surface area (Å²) in [7, 11) is 0. The number of aryl methyl sites for hydroxylation is 2. The number of thiocarbonyl (C=S) groups is 1. The van der Waals surface area contributed by atoms with Gasteiger partial charge in [-0.2, -0.15) is 0 Å². The quantitative estimate of drug-likeness (QED) is 0.332. The van der Waals surface area contributed by atoms with Crippen LogP contribution in [0.25, 0.3) is 0 Å². The van der Waals surface area contributed by atoms with E-state index in [0.29, 0.717) is 16.2 Å². The smallest absolute Gasteiger partial charge is 0.193 e.